The molecule has 0 spiro atoms. The van der Waals surface area contributed by atoms with Crippen LogP contribution in [0.15, 0.2) is 66.0 Å². The van der Waals surface area contributed by atoms with Crippen molar-refractivity contribution in [1.82, 2.24) is 9.88 Å². The van der Waals surface area contributed by atoms with Gasteiger partial charge >= 0.3 is 0 Å². The number of aryl methyl sites for hydroxylation is 2. The lowest BCUT2D eigenvalue weighted by Crippen LogP contribution is -2.64. The fraction of sp³-hybridized carbons (Fsp3) is 0.231. The van der Waals surface area contributed by atoms with Crippen molar-refractivity contribution in [2.75, 3.05) is 4.90 Å². The van der Waals surface area contributed by atoms with E-state index in [9.17, 15) is 9.59 Å². The molecule has 4 aromatic rings. The number of anilines is 1. The summed E-state index contributed by atoms with van der Waals surface area (Å²) >= 11 is 1.60. The molecule has 5 nitrogen and oxygen atoms in total. The molecule has 32 heavy (non-hydrogen) atoms. The van der Waals surface area contributed by atoms with Gasteiger partial charge in [-0.1, -0.05) is 36.4 Å². The third kappa shape index (κ3) is 3.31. The highest BCUT2D eigenvalue weighted by atomic mass is 32.1. The van der Waals surface area contributed by atoms with Gasteiger partial charge in [0.05, 0.1) is 6.54 Å². The summed E-state index contributed by atoms with van der Waals surface area (Å²) < 4.78 is 2.00. The zero-order valence-corrected chi connectivity index (χ0v) is 19.2. The Balaban J connectivity index is 1.60. The molecule has 2 aromatic heterocycles. The van der Waals surface area contributed by atoms with Crippen molar-refractivity contribution >= 4 is 39.1 Å². The quantitative estimate of drug-likeness (QED) is 0.480. The van der Waals surface area contributed by atoms with Crippen LogP contribution in [0.1, 0.15) is 34.1 Å². The van der Waals surface area contributed by atoms with Crippen LogP contribution in [0.2, 0.25) is 0 Å². The molecule has 3 heterocycles. The molecule has 5 rings (SSSR count). The topological polar surface area (TPSA) is 54.3 Å². The average Bonchev–Trinajstić information content (AvgIpc) is 3.34. The molecule has 2 amide bonds. The van der Waals surface area contributed by atoms with Crippen molar-refractivity contribution in [3.63, 3.8) is 0 Å². The standard InChI is InChI=1S/C26H25N3O2S/c1-17-11-18(2)13-21(12-17)29-23(30)22-14-20-9-10-32-24(20)28(22)16-26(29,3)25(31)27-15-19-7-5-4-6-8-19/h4-14H,15-16H2,1-3H3,(H,27,31)/t26-/m1/s1. The van der Waals surface area contributed by atoms with E-state index in [1.165, 1.54) is 0 Å². The average molecular weight is 444 g/mol. The summed E-state index contributed by atoms with van der Waals surface area (Å²) in [7, 11) is 0. The zero-order valence-electron chi connectivity index (χ0n) is 18.4. The maximum Gasteiger partial charge on any atom is 0.275 e. The normalized spacial score (nSPS) is 18.1. The number of aromatic nitrogens is 1. The summed E-state index contributed by atoms with van der Waals surface area (Å²) in [6.07, 6.45) is 0. The Morgan fingerprint density at radius 3 is 2.50 bits per heavy atom. The van der Waals surface area contributed by atoms with Gasteiger partial charge in [-0.15, -0.1) is 11.3 Å². The van der Waals surface area contributed by atoms with Crippen LogP contribution < -0.4 is 10.2 Å². The first-order valence-electron chi connectivity index (χ1n) is 10.7. The molecular formula is C26H25N3O2S. The van der Waals surface area contributed by atoms with Crippen LogP contribution in [0, 0.1) is 13.8 Å². The number of hydrogen-bond acceptors (Lipinski definition) is 3. The summed E-state index contributed by atoms with van der Waals surface area (Å²) in [6.45, 7) is 6.70. The highest BCUT2D eigenvalue weighted by molar-refractivity contribution is 7.16. The monoisotopic (exact) mass is 443 g/mol. The first-order valence-corrected chi connectivity index (χ1v) is 11.6. The van der Waals surface area contributed by atoms with E-state index >= 15 is 0 Å². The predicted octanol–water partition coefficient (Wildman–Crippen LogP) is 5.06. The zero-order chi connectivity index (χ0) is 22.5. The molecule has 0 aliphatic carbocycles. The Kier molecular flexibility index (Phi) is 4.90. The molecule has 0 saturated carbocycles. The van der Waals surface area contributed by atoms with Gasteiger partial charge in [0.2, 0.25) is 5.91 Å². The van der Waals surface area contributed by atoms with Crippen molar-refractivity contribution in [3.8, 4) is 0 Å². The minimum absolute atomic E-state index is 0.151. The molecule has 0 fully saturated rings. The van der Waals surface area contributed by atoms with Crippen LogP contribution in [0.3, 0.4) is 0 Å². The maximum absolute atomic E-state index is 13.8. The number of carbonyl (C=O) groups is 2. The number of amides is 2. The lowest BCUT2D eigenvalue weighted by Gasteiger charge is -2.44. The maximum atomic E-state index is 13.8. The van der Waals surface area contributed by atoms with Gasteiger partial charge < -0.3 is 9.88 Å². The number of nitrogens with zero attached hydrogens (tertiary/aromatic N) is 2. The van der Waals surface area contributed by atoms with E-state index in [-0.39, 0.29) is 11.8 Å². The molecule has 0 saturated heterocycles. The van der Waals surface area contributed by atoms with Gasteiger partial charge in [0.15, 0.2) is 0 Å². The second-order valence-corrected chi connectivity index (χ2v) is 9.62. The molecule has 6 heteroatoms. The third-order valence-electron chi connectivity index (χ3n) is 6.13. The Labute approximate surface area is 191 Å². The van der Waals surface area contributed by atoms with Crippen LogP contribution in [0.5, 0.6) is 0 Å². The van der Waals surface area contributed by atoms with Crippen molar-refractivity contribution in [2.24, 2.45) is 0 Å². The Morgan fingerprint density at radius 1 is 1.06 bits per heavy atom. The minimum atomic E-state index is -1.07. The van der Waals surface area contributed by atoms with E-state index in [4.69, 9.17) is 0 Å². The van der Waals surface area contributed by atoms with E-state index in [2.05, 4.69) is 11.4 Å². The lowest BCUT2D eigenvalue weighted by atomic mass is 9.93. The summed E-state index contributed by atoms with van der Waals surface area (Å²) in [6, 6.07) is 19.8. The Bertz CT molecular complexity index is 1320. The van der Waals surface area contributed by atoms with Gasteiger partial charge in [-0.05, 0) is 67.1 Å². The number of benzene rings is 2. The van der Waals surface area contributed by atoms with Crippen LogP contribution >= 0.6 is 11.3 Å². The summed E-state index contributed by atoms with van der Waals surface area (Å²) in [4.78, 5) is 30.2. The molecule has 1 atom stereocenters. The van der Waals surface area contributed by atoms with Crippen LogP contribution in [-0.2, 0) is 17.9 Å². The molecule has 0 unspecified atom stereocenters. The molecule has 0 bridgehead atoms. The highest BCUT2D eigenvalue weighted by Crippen LogP contribution is 2.38. The molecule has 1 aliphatic heterocycles. The molecular weight excluding hydrogens is 418 g/mol. The molecule has 0 radical (unpaired) electrons. The van der Waals surface area contributed by atoms with Crippen LogP contribution in [-0.4, -0.2) is 21.9 Å². The van der Waals surface area contributed by atoms with Crippen LogP contribution in [0.25, 0.3) is 10.2 Å². The van der Waals surface area contributed by atoms with Gasteiger partial charge in [-0.3, -0.25) is 14.5 Å². The minimum Gasteiger partial charge on any atom is -0.350 e. The van der Waals surface area contributed by atoms with Crippen molar-refractivity contribution < 1.29 is 9.59 Å². The number of fused-ring (bicyclic) bond motifs is 3. The van der Waals surface area contributed by atoms with Gasteiger partial charge in [0.1, 0.15) is 16.1 Å². The smallest absolute Gasteiger partial charge is 0.275 e. The third-order valence-corrected chi connectivity index (χ3v) is 7.09. The summed E-state index contributed by atoms with van der Waals surface area (Å²) in [5.74, 6) is -0.320. The van der Waals surface area contributed by atoms with Crippen LogP contribution in [0.4, 0.5) is 5.69 Å². The SMILES string of the molecule is Cc1cc(C)cc(N2C(=O)c3cc4ccsc4n3C[C@]2(C)C(=O)NCc2ccccc2)c1. The van der Waals surface area contributed by atoms with Gasteiger partial charge in [0.25, 0.3) is 5.91 Å². The van der Waals surface area contributed by atoms with Gasteiger partial charge in [-0.25, -0.2) is 0 Å². The van der Waals surface area contributed by atoms with E-state index in [0.717, 1.165) is 32.6 Å². The van der Waals surface area contributed by atoms with Crippen molar-refractivity contribution in [1.29, 1.82) is 0 Å². The number of nitrogens with one attached hydrogen (secondary N) is 1. The van der Waals surface area contributed by atoms with E-state index < -0.39 is 5.54 Å². The second kappa shape index (κ2) is 7.64. The molecule has 2 aromatic carbocycles. The number of thiophene rings is 1. The Morgan fingerprint density at radius 2 is 1.78 bits per heavy atom. The lowest BCUT2D eigenvalue weighted by molar-refractivity contribution is -0.126. The van der Waals surface area contributed by atoms with E-state index in [0.29, 0.717) is 18.8 Å². The molecule has 1 aliphatic rings. The van der Waals surface area contributed by atoms with E-state index in [1.54, 1.807) is 16.2 Å². The summed E-state index contributed by atoms with van der Waals surface area (Å²) in [5, 5.41) is 6.14. The highest BCUT2D eigenvalue weighted by Gasteiger charge is 2.48. The Hall–Kier alpha value is -3.38. The number of carbonyl (C=O) groups excluding carboxylic acids is 2. The first kappa shape index (κ1) is 20.5. The second-order valence-electron chi connectivity index (χ2n) is 8.73. The molecule has 162 valence electrons. The first-order chi connectivity index (χ1) is 15.4. The summed E-state index contributed by atoms with van der Waals surface area (Å²) in [5.41, 5.74) is 3.44. The number of hydrogen-bond donors (Lipinski definition) is 1. The fourth-order valence-electron chi connectivity index (χ4n) is 4.65. The van der Waals surface area contributed by atoms with Crippen molar-refractivity contribution in [2.45, 2.75) is 39.4 Å². The predicted molar refractivity (Wildman–Crippen MR) is 129 cm³/mol. The fourth-order valence-corrected chi connectivity index (χ4v) is 5.55. The van der Waals surface area contributed by atoms with Gasteiger partial charge in [-0.2, -0.15) is 0 Å². The van der Waals surface area contributed by atoms with E-state index in [1.807, 2.05) is 85.3 Å². The largest absolute Gasteiger partial charge is 0.350 e. The molecule has 1 N–H and O–H groups in total. The van der Waals surface area contributed by atoms with Gasteiger partial charge in [0, 0.05) is 17.6 Å². The number of rotatable bonds is 4. The van der Waals surface area contributed by atoms with Crippen molar-refractivity contribution in [3.05, 3.63) is 88.4 Å².